The van der Waals surface area contributed by atoms with Crippen molar-refractivity contribution in [1.29, 1.82) is 0 Å². The van der Waals surface area contributed by atoms with E-state index in [0.29, 0.717) is 47.6 Å². The van der Waals surface area contributed by atoms with Gasteiger partial charge in [-0.2, -0.15) is 0 Å². The minimum atomic E-state index is -0.00970. The predicted molar refractivity (Wildman–Crippen MR) is 132 cm³/mol. The van der Waals surface area contributed by atoms with Crippen molar-refractivity contribution in [1.82, 2.24) is 15.2 Å². The van der Waals surface area contributed by atoms with Crippen molar-refractivity contribution in [2.45, 2.75) is 58.4 Å². The molecule has 0 spiro atoms. The number of aromatic nitrogens is 1. The summed E-state index contributed by atoms with van der Waals surface area (Å²) in [6, 6.07) is 13.9. The number of piperidine rings is 1. The normalized spacial score (nSPS) is 18.4. The van der Waals surface area contributed by atoms with Crippen molar-refractivity contribution < 1.29 is 14.0 Å². The number of nitrogens with zero attached hydrogens (tertiary/aromatic N) is 2. The molecule has 5 rings (SSSR count). The molecule has 1 saturated carbocycles. The largest absolute Gasteiger partial charge is 0.436 e. The van der Waals surface area contributed by atoms with E-state index < -0.39 is 0 Å². The van der Waals surface area contributed by atoms with E-state index in [1.54, 1.807) is 0 Å². The third kappa shape index (κ3) is 4.72. The van der Waals surface area contributed by atoms with Gasteiger partial charge in [-0.1, -0.05) is 37.5 Å². The molecule has 2 aromatic carbocycles. The van der Waals surface area contributed by atoms with Gasteiger partial charge >= 0.3 is 0 Å². The van der Waals surface area contributed by atoms with Crippen LogP contribution in [0.4, 0.5) is 0 Å². The molecule has 0 bridgehead atoms. The van der Waals surface area contributed by atoms with Crippen LogP contribution in [0.2, 0.25) is 0 Å². The van der Waals surface area contributed by atoms with Crippen LogP contribution in [0.5, 0.6) is 0 Å². The van der Waals surface area contributed by atoms with Gasteiger partial charge in [0.15, 0.2) is 5.58 Å². The van der Waals surface area contributed by atoms with Gasteiger partial charge in [-0.15, -0.1) is 0 Å². The summed E-state index contributed by atoms with van der Waals surface area (Å²) in [7, 11) is 0. The second-order valence-corrected chi connectivity index (χ2v) is 9.98. The van der Waals surface area contributed by atoms with Crippen LogP contribution in [-0.4, -0.2) is 40.8 Å². The lowest BCUT2D eigenvalue weighted by atomic mass is 9.84. The van der Waals surface area contributed by atoms with Crippen molar-refractivity contribution in [3.8, 4) is 11.5 Å². The van der Waals surface area contributed by atoms with Crippen LogP contribution in [0.25, 0.3) is 22.6 Å². The van der Waals surface area contributed by atoms with E-state index in [4.69, 9.17) is 4.42 Å². The topological polar surface area (TPSA) is 75.4 Å². The molecule has 1 aromatic heterocycles. The predicted octanol–water partition coefficient (Wildman–Crippen LogP) is 5.35. The lowest BCUT2D eigenvalue weighted by molar-refractivity contribution is -0.127. The summed E-state index contributed by atoms with van der Waals surface area (Å²) in [6.45, 7) is 5.44. The summed E-state index contributed by atoms with van der Waals surface area (Å²) in [5.74, 6) is 1.07. The fourth-order valence-electron chi connectivity index (χ4n) is 5.28. The van der Waals surface area contributed by atoms with Crippen LogP contribution in [-0.2, 0) is 4.79 Å². The standard InChI is InChI=1S/C28H33N3O3/c1-18-7-9-21(10-8-18)27-30-24-17-22(11-12-25(24)34-27)28(33)31-15-13-20(14-16-31)19(2)26(32)29-23-5-3-4-6-23/h7-12,17,19-20,23H,3-6,13-16H2,1-2H3,(H,29,32). The Morgan fingerprint density at radius 2 is 1.74 bits per heavy atom. The summed E-state index contributed by atoms with van der Waals surface area (Å²) >= 11 is 0. The fourth-order valence-corrected chi connectivity index (χ4v) is 5.28. The number of carbonyl (C=O) groups is 2. The number of fused-ring (bicyclic) bond motifs is 1. The quantitative estimate of drug-likeness (QED) is 0.558. The zero-order valence-electron chi connectivity index (χ0n) is 20.0. The summed E-state index contributed by atoms with van der Waals surface area (Å²) in [5.41, 5.74) is 4.09. The highest BCUT2D eigenvalue weighted by atomic mass is 16.3. The first-order valence-electron chi connectivity index (χ1n) is 12.6. The fraction of sp³-hybridized carbons (Fsp3) is 0.464. The molecule has 6 nitrogen and oxygen atoms in total. The number of amides is 2. The van der Waals surface area contributed by atoms with Gasteiger partial charge in [0.05, 0.1) is 0 Å². The number of likely N-dealkylation sites (tertiary alicyclic amines) is 1. The van der Waals surface area contributed by atoms with Crippen molar-refractivity contribution in [3.05, 3.63) is 53.6 Å². The number of hydrogen-bond donors (Lipinski definition) is 1. The highest BCUT2D eigenvalue weighted by Crippen LogP contribution is 2.29. The second kappa shape index (κ2) is 9.61. The lowest BCUT2D eigenvalue weighted by Gasteiger charge is -2.34. The zero-order valence-corrected chi connectivity index (χ0v) is 20.0. The third-order valence-corrected chi connectivity index (χ3v) is 7.58. The van der Waals surface area contributed by atoms with Crippen LogP contribution >= 0.6 is 0 Å². The van der Waals surface area contributed by atoms with Gasteiger partial charge in [-0.3, -0.25) is 9.59 Å². The van der Waals surface area contributed by atoms with Gasteiger partial charge in [-0.05, 0) is 68.9 Å². The highest BCUT2D eigenvalue weighted by Gasteiger charge is 2.31. The molecule has 3 aromatic rings. The van der Waals surface area contributed by atoms with E-state index in [1.165, 1.54) is 18.4 Å². The van der Waals surface area contributed by atoms with Crippen LogP contribution in [0.1, 0.15) is 61.4 Å². The molecule has 1 aliphatic heterocycles. The molecule has 1 unspecified atom stereocenters. The molecule has 2 amide bonds. The zero-order chi connectivity index (χ0) is 23.7. The maximum Gasteiger partial charge on any atom is 0.253 e. The number of aryl methyl sites for hydroxylation is 1. The monoisotopic (exact) mass is 459 g/mol. The number of nitrogens with one attached hydrogen (secondary N) is 1. The SMILES string of the molecule is Cc1ccc(-c2nc3cc(C(=O)N4CCC(C(C)C(=O)NC5CCCC5)CC4)ccc3o2)cc1. The van der Waals surface area contributed by atoms with Crippen LogP contribution < -0.4 is 5.32 Å². The Morgan fingerprint density at radius 1 is 1.03 bits per heavy atom. The number of benzene rings is 2. The molecular weight excluding hydrogens is 426 g/mol. The lowest BCUT2D eigenvalue weighted by Crippen LogP contribution is -2.44. The Hall–Kier alpha value is -3.15. The average molecular weight is 460 g/mol. The van der Waals surface area contributed by atoms with E-state index in [-0.39, 0.29) is 17.7 Å². The highest BCUT2D eigenvalue weighted by molar-refractivity contribution is 5.97. The van der Waals surface area contributed by atoms with Gasteiger partial charge in [0.2, 0.25) is 11.8 Å². The molecule has 2 heterocycles. The molecule has 1 atom stereocenters. The Balaban J connectivity index is 1.21. The van der Waals surface area contributed by atoms with Crippen molar-refractivity contribution in [3.63, 3.8) is 0 Å². The van der Waals surface area contributed by atoms with E-state index >= 15 is 0 Å². The molecule has 2 fully saturated rings. The molecular formula is C28H33N3O3. The first-order chi connectivity index (χ1) is 16.5. The maximum atomic E-state index is 13.2. The van der Waals surface area contributed by atoms with Gasteiger partial charge in [0.1, 0.15) is 5.52 Å². The summed E-state index contributed by atoms with van der Waals surface area (Å²) in [6.07, 6.45) is 6.35. The minimum Gasteiger partial charge on any atom is -0.436 e. The molecule has 2 aliphatic rings. The van der Waals surface area contributed by atoms with Gasteiger partial charge in [-0.25, -0.2) is 4.98 Å². The van der Waals surface area contributed by atoms with Crippen molar-refractivity contribution in [2.75, 3.05) is 13.1 Å². The van der Waals surface area contributed by atoms with Crippen molar-refractivity contribution >= 4 is 22.9 Å². The number of carbonyl (C=O) groups excluding carboxylic acids is 2. The van der Waals surface area contributed by atoms with Crippen molar-refractivity contribution in [2.24, 2.45) is 11.8 Å². The Kier molecular flexibility index (Phi) is 6.40. The summed E-state index contributed by atoms with van der Waals surface area (Å²) in [4.78, 5) is 32.4. The first kappa shape index (κ1) is 22.6. The van der Waals surface area contributed by atoms with Crippen LogP contribution in [0, 0.1) is 18.8 Å². The van der Waals surface area contributed by atoms with E-state index in [0.717, 1.165) is 31.2 Å². The third-order valence-electron chi connectivity index (χ3n) is 7.58. The second-order valence-electron chi connectivity index (χ2n) is 9.98. The van der Waals surface area contributed by atoms with Gasteiger partial charge in [0, 0.05) is 36.2 Å². The molecule has 0 radical (unpaired) electrons. The molecule has 1 saturated heterocycles. The molecule has 178 valence electrons. The van der Waals surface area contributed by atoms with E-state index in [2.05, 4.69) is 10.3 Å². The Labute approximate surface area is 200 Å². The Morgan fingerprint density at radius 3 is 2.44 bits per heavy atom. The number of rotatable bonds is 5. The first-order valence-corrected chi connectivity index (χ1v) is 12.6. The average Bonchev–Trinajstić information content (AvgIpc) is 3.53. The molecule has 6 heteroatoms. The van der Waals surface area contributed by atoms with Gasteiger partial charge < -0.3 is 14.6 Å². The molecule has 1 N–H and O–H groups in total. The Bertz CT molecular complexity index is 1170. The van der Waals surface area contributed by atoms with Gasteiger partial charge in [0.25, 0.3) is 5.91 Å². The van der Waals surface area contributed by atoms with Crippen LogP contribution in [0.3, 0.4) is 0 Å². The number of hydrogen-bond acceptors (Lipinski definition) is 4. The summed E-state index contributed by atoms with van der Waals surface area (Å²) in [5, 5.41) is 3.23. The summed E-state index contributed by atoms with van der Waals surface area (Å²) < 4.78 is 5.91. The van der Waals surface area contributed by atoms with E-state index in [9.17, 15) is 9.59 Å². The number of oxazole rings is 1. The minimum absolute atomic E-state index is 0.00970. The molecule has 34 heavy (non-hydrogen) atoms. The maximum absolute atomic E-state index is 13.2. The van der Waals surface area contributed by atoms with Crippen LogP contribution in [0.15, 0.2) is 46.9 Å². The molecule has 1 aliphatic carbocycles. The van der Waals surface area contributed by atoms with E-state index in [1.807, 2.05) is 61.2 Å². The smallest absolute Gasteiger partial charge is 0.253 e.